The van der Waals surface area contributed by atoms with Crippen molar-refractivity contribution in [2.75, 3.05) is 5.73 Å². The molecule has 10 nitrogen and oxygen atoms in total. The topological polar surface area (TPSA) is 138 Å². The molecule has 3 aromatic heterocycles. The van der Waals surface area contributed by atoms with Crippen molar-refractivity contribution >= 4 is 28.8 Å². The number of para-hydroxylation sites is 2. The van der Waals surface area contributed by atoms with Crippen molar-refractivity contribution in [2.24, 2.45) is 4.99 Å². The van der Waals surface area contributed by atoms with Gasteiger partial charge in [0.05, 0.1) is 22.5 Å². The predicted octanol–water partition coefficient (Wildman–Crippen LogP) is 4.15. The highest BCUT2D eigenvalue weighted by Gasteiger charge is 2.22. The summed E-state index contributed by atoms with van der Waals surface area (Å²) in [6, 6.07) is 13.0. The number of hydrogen-bond donors (Lipinski definition) is 1. The molecule has 2 aromatic carbocycles. The minimum absolute atomic E-state index is 0.107. The van der Waals surface area contributed by atoms with Crippen molar-refractivity contribution in [1.82, 2.24) is 29.7 Å². The Balaban J connectivity index is 1.68. The molecule has 11 heteroatoms. The van der Waals surface area contributed by atoms with Crippen LogP contribution in [0.4, 0.5) is 16.0 Å². The van der Waals surface area contributed by atoms with Crippen LogP contribution >= 0.6 is 0 Å². The summed E-state index contributed by atoms with van der Waals surface area (Å²) in [7, 11) is 0. The lowest BCUT2D eigenvalue weighted by molar-refractivity contribution is 0.532. The molecule has 5 aromatic rings. The molecule has 0 saturated carbocycles. The van der Waals surface area contributed by atoms with Crippen molar-refractivity contribution < 1.29 is 8.81 Å². The first-order chi connectivity index (χ1) is 17.5. The van der Waals surface area contributed by atoms with Crippen LogP contribution in [0.3, 0.4) is 0 Å². The maximum absolute atomic E-state index is 14.9. The Hall–Kier alpha value is -4.80. The van der Waals surface area contributed by atoms with E-state index in [1.807, 2.05) is 6.92 Å². The van der Waals surface area contributed by atoms with Crippen LogP contribution in [0, 0.1) is 12.7 Å². The van der Waals surface area contributed by atoms with Crippen LogP contribution in [0.25, 0.3) is 28.0 Å². The van der Waals surface area contributed by atoms with Crippen LogP contribution in [0.15, 0.2) is 69.1 Å². The van der Waals surface area contributed by atoms with Gasteiger partial charge >= 0.3 is 0 Å². The Morgan fingerprint density at radius 2 is 1.92 bits per heavy atom. The van der Waals surface area contributed by atoms with Crippen molar-refractivity contribution in [2.45, 2.75) is 26.2 Å². The molecule has 0 radical (unpaired) electrons. The van der Waals surface area contributed by atoms with Crippen molar-refractivity contribution in [1.29, 1.82) is 0 Å². The SMILES string of the molecule is CCC(C=Nc1ncnc(N)c1-c1nnc(C)o1)c1nc2ccccc2c(=O)n1-c1ccccc1F. The highest BCUT2D eigenvalue weighted by molar-refractivity contribution is 5.82. The van der Waals surface area contributed by atoms with Gasteiger partial charge in [-0.3, -0.25) is 9.36 Å². The van der Waals surface area contributed by atoms with Gasteiger partial charge in [0.15, 0.2) is 5.82 Å². The molecule has 180 valence electrons. The van der Waals surface area contributed by atoms with Gasteiger partial charge in [-0.2, -0.15) is 0 Å². The van der Waals surface area contributed by atoms with Gasteiger partial charge in [0.1, 0.15) is 29.4 Å². The Morgan fingerprint density at radius 3 is 2.67 bits per heavy atom. The summed E-state index contributed by atoms with van der Waals surface area (Å²) in [5.41, 5.74) is 6.59. The first kappa shape index (κ1) is 23.0. The number of nitrogens with zero attached hydrogens (tertiary/aromatic N) is 7. The molecule has 2 N–H and O–H groups in total. The zero-order valence-electron chi connectivity index (χ0n) is 19.5. The fraction of sp³-hybridized carbons (Fsp3) is 0.160. The Morgan fingerprint density at radius 1 is 1.14 bits per heavy atom. The van der Waals surface area contributed by atoms with Crippen molar-refractivity contribution in [3.8, 4) is 17.1 Å². The highest BCUT2D eigenvalue weighted by Crippen LogP contribution is 2.32. The average molecular weight is 484 g/mol. The lowest BCUT2D eigenvalue weighted by Gasteiger charge is -2.18. The molecular weight excluding hydrogens is 463 g/mol. The summed E-state index contributed by atoms with van der Waals surface area (Å²) in [6.45, 7) is 3.57. The van der Waals surface area contributed by atoms with Gasteiger partial charge in [-0.25, -0.2) is 24.3 Å². The Labute approximate surface area is 204 Å². The number of halogens is 1. The molecule has 0 saturated heterocycles. The van der Waals surface area contributed by atoms with Gasteiger partial charge in [0.2, 0.25) is 5.89 Å². The number of benzene rings is 2. The lowest BCUT2D eigenvalue weighted by Crippen LogP contribution is -2.27. The van der Waals surface area contributed by atoms with Crippen molar-refractivity contribution in [3.63, 3.8) is 0 Å². The third-order valence-electron chi connectivity index (χ3n) is 5.64. The normalized spacial score (nSPS) is 12.4. The van der Waals surface area contributed by atoms with E-state index in [-0.39, 0.29) is 28.8 Å². The predicted molar refractivity (Wildman–Crippen MR) is 133 cm³/mol. The van der Waals surface area contributed by atoms with E-state index in [0.717, 1.165) is 0 Å². The van der Waals surface area contributed by atoms with E-state index in [0.29, 0.717) is 34.6 Å². The van der Waals surface area contributed by atoms with Crippen LogP contribution < -0.4 is 11.3 Å². The maximum atomic E-state index is 14.9. The first-order valence-electron chi connectivity index (χ1n) is 11.2. The Bertz CT molecular complexity index is 1660. The molecule has 0 bridgehead atoms. The summed E-state index contributed by atoms with van der Waals surface area (Å²) in [4.78, 5) is 31.0. The number of aromatic nitrogens is 6. The fourth-order valence-electron chi connectivity index (χ4n) is 3.87. The zero-order valence-corrected chi connectivity index (χ0v) is 19.5. The molecule has 0 fully saturated rings. The van der Waals surface area contributed by atoms with Gasteiger partial charge in [0.25, 0.3) is 11.4 Å². The molecule has 5 rings (SSSR count). The summed E-state index contributed by atoms with van der Waals surface area (Å²) < 4.78 is 21.7. The second-order valence-corrected chi connectivity index (χ2v) is 7.96. The molecule has 1 atom stereocenters. The monoisotopic (exact) mass is 484 g/mol. The first-order valence-corrected chi connectivity index (χ1v) is 11.2. The van der Waals surface area contributed by atoms with Crippen LogP contribution in [-0.2, 0) is 0 Å². The van der Waals surface area contributed by atoms with Crippen LogP contribution in [-0.4, -0.2) is 35.9 Å². The average Bonchev–Trinajstić information content (AvgIpc) is 3.31. The molecule has 1 unspecified atom stereocenters. The van der Waals surface area contributed by atoms with Gasteiger partial charge in [0, 0.05) is 13.1 Å². The van der Waals surface area contributed by atoms with Gasteiger partial charge in [-0.05, 0) is 30.7 Å². The summed E-state index contributed by atoms with van der Waals surface area (Å²) in [5.74, 6) is 0.151. The van der Waals surface area contributed by atoms with Crippen molar-refractivity contribution in [3.05, 3.63) is 82.7 Å². The fourth-order valence-corrected chi connectivity index (χ4v) is 3.87. The van der Waals surface area contributed by atoms with E-state index in [4.69, 9.17) is 15.1 Å². The summed E-state index contributed by atoms with van der Waals surface area (Å²) in [6.07, 6.45) is 3.39. The molecule has 36 heavy (non-hydrogen) atoms. The number of hydrogen-bond acceptors (Lipinski definition) is 9. The third-order valence-corrected chi connectivity index (χ3v) is 5.64. The number of nitrogen functional groups attached to an aromatic ring is 1. The van der Waals surface area contributed by atoms with E-state index >= 15 is 0 Å². The third kappa shape index (κ3) is 4.11. The second kappa shape index (κ2) is 9.45. The van der Waals surface area contributed by atoms with E-state index in [2.05, 4.69) is 25.2 Å². The van der Waals surface area contributed by atoms with Gasteiger partial charge in [-0.15, -0.1) is 10.2 Å². The molecule has 0 spiro atoms. The highest BCUT2D eigenvalue weighted by atomic mass is 19.1. The molecule has 0 aliphatic heterocycles. The largest absolute Gasteiger partial charge is 0.421 e. The zero-order chi connectivity index (χ0) is 25.2. The molecule has 0 amide bonds. The number of nitrogens with two attached hydrogens (primary N) is 1. The molecular formula is C25H21FN8O2. The van der Waals surface area contributed by atoms with Gasteiger partial charge < -0.3 is 10.2 Å². The molecule has 0 aliphatic rings. The quantitative estimate of drug-likeness (QED) is 0.355. The van der Waals surface area contributed by atoms with Crippen LogP contribution in [0.1, 0.15) is 31.0 Å². The molecule has 3 heterocycles. The van der Waals surface area contributed by atoms with Gasteiger partial charge in [-0.1, -0.05) is 31.2 Å². The number of rotatable bonds is 6. The smallest absolute Gasteiger partial charge is 0.266 e. The number of anilines is 1. The maximum Gasteiger partial charge on any atom is 0.266 e. The van der Waals surface area contributed by atoms with E-state index in [1.54, 1.807) is 55.6 Å². The number of aryl methyl sites for hydroxylation is 1. The number of aliphatic imine (C=N–C) groups is 1. The summed E-state index contributed by atoms with van der Waals surface area (Å²) in [5, 5.41) is 8.22. The van der Waals surface area contributed by atoms with E-state index < -0.39 is 11.7 Å². The number of fused-ring (bicyclic) bond motifs is 1. The lowest BCUT2D eigenvalue weighted by atomic mass is 10.1. The second-order valence-electron chi connectivity index (χ2n) is 7.96. The minimum atomic E-state index is -0.539. The van der Waals surface area contributed by atoms with E-state index in [1.165, 1.54) is 17.0 Å². The Kier molecular flexibility index (Phi) is 6.03. The van der Waals surface area contributed by atoms with Crippen LogP contribution in [0.5, 0.6) is 0 Å². The van der Waals surface area contributed by atoms with Crippen LogP contribution in [0.2, 0.25) is 0 Å². The standard InChI is InChI=1S/C25H21FN8O2/c1-3-15(12-28-22-20(21(27)29-13-30-22)24-33-32-14(2)36-24)23-31-18-10-6-4-8-16(18)25(35)34(23)19-11-7-5-9-17(19)26/h4-13,15H,3H2,1-2H3,(H2,27,29,30). The van der Waals surface area contributed by atoms with E-state index in [9.17, 15) is 9.18 Å². The molecule has 0 aliphatic carbocycles. The summed E-state index contributed by atoms with van der Waals surface area (Å²) >= 11 is 0. The minimum Gasteiger partial charge on any atom is -0.421 e.